The summed E-state index contributed by atoms with van der Waals surface area (Å²) in [4.78, 5) is 14.6. The number of thioether (sulfide) groups is 1. The molecule has 1 N–H and O–H groups in total. The van der Waals surface area contributed by atoms with E-state index in [2.05, 4.69) is 25.0 Å². The maximum Gasteiger partial charge on any atom is 0.234 e. The Labute approximate surface area is 161 Å². The zero-order chi connectivity index (χ0) is 17.9. The lowest BCUT2D eigenvalue weighted by Crippen LogP contribution is -2.37. The van der Waals surface area contributed by atoms with Crippen molar-refractivity contribution < 1.29 is 9.53 Å². The van der Waals surface area contributed by atoms with E-state index < -0.39 is 0 Å². The van der Waals surface area contributed by atoms with E-state index in [-0.39, 0.29) is 11.7 Å². The number of morpholine rings is 1. The van der Waals surface area contributed by atoms with Gasteiger partial charge in [-0.1, -0.05) is 29.4 Å². The van der Waals surface area contributed by atoms with Crippen LogP contribution in [0.2, 0.25) is 5.02 Å². The molecule has 0 bridgehead atoms. The maximum atomic E-state index is 12.5. The van der Waals surface area contributed by atoms with Crippen molar-refractivity contribution in [3.8, 4) is 0 Å². The van der Waals surface area contributed by atoms with E-state index in [0.29, 0.717) is 24.3 Å². The molecule has 0 atom stereocenters. The molecule has 7 nitrogen and oxygen atoms in total. The van der Waals surface area contributed by atoms with Gasteiger partial charge in [0.15, 0.2) is 5.16 Å². The second-order valence-electron chi connectivity index (χ2n) is 6.32. The molecular formula is C17H20ClN5O2S. The van der Waals surface area contributed by atoms with Gasteiger partial charge in [-0.15, -0.1) is 10.2 Å². The van der Waals surface area contributed by atoms with Gasteiger partial charge in [0.2, 0.25) is 5.91 Å². The summed E-state index contributed by atoms with van der Waals surface area (Å²) in [5, 5.41) is 12.5. The topological polar surface area (TPSA) is 72.3 Å². The number of para-hydroxylation sites is 1. The number of nitrogens with zero attached hydrogens (tertiary/aromatic N) is 4. The van der Waals surface area contributed by atoms with Crippen LogP contribution >= 0.6 is 23.4 Å². The second kappa shape index (κ2) is 7.85. The number of hydrogen-bond acceptors (Lipinski definition) is 6. The lowest BCUT2D eigenvalue weighted by Gasteiger charge is -2.31. The Morgan fingerprint density at radius 1 is 1.35 bits per heavy atom. The van der Waals surface area contributed by atoms with Crippen molar-refractivity contribution in [2.45, 2.75) is 24.0 Å². The summed E-state index contributed by atoms with van der Waals surface area (Å²) in [6.45, 7) is 2.83. The number of aromatic nitrogens is 3. The van der Waals surface area contributed by atoms with Crippen LogP contribution in [0.1, 0.15) is 18.9 Å². The van der Waals surface area contributed by atoms with Gasteiger partial charge in [-0.25, -0.2) is 0 Å². The fourth-order valence-corrected chi connectivity index (χ4v) is 4.06. The molecule has 2 heterocycles. The lowest BCUT2D eigenvalue weighted by molar-refractivity contribution is -0.113. The number of benzene rings is 1. The molecular weight excluding hydrogens is 374 g/mol. The first-order valence-corrected chi connectivity index (χ1v) is 10.0. The molecule has 1 aliphatic heterocycles. The van der Waals surface area contributed by atoms with Gasteiger partial charge in [-0.3, -0.25) is 4.79 Å². The van der Waals surface area contributed by atoms with Crippen LogP contribution in [0, 0.1) is 0 Å². The standard InChI is InChI=1S/C17H20ClN5O2S/c18-13-2-1-3-14(16(13)22-6-8-25-9-7-22)20-15(24)10-26-17-21-19-11-23(17)12-4-5-12/h1-3,11-12H,4-10H2,(H,20,24). The fourth-order valence-electron chi connectivity index (χ4n) is 2.98. The number of rotatable bonds is 6. The first-order chi connectivity index (χ1) is 12.7. The summed E-state index contributed by atoms with van der Waals surface area (Å²) in [7, 11) is 0. The molecule has 0 radical (unpaired) electrons. The minimum atomic E-state index is -0.0860. The number of anilines is 2. The van der Waals surface area contributed by atoms with Crippen LogP contribution in [0.15, 0.2) is 29.7 Å². The molecule has 1 aromatic carbocycles. The van der Waals surface area contributed by atoms with Gasteiger partial charge in [0.1, 0.15) is 6.33 Å². The van der Waals surface area contributed by atoms with Crippen LogP contribution < -0.4 is 10.2 Å². The largest absolute Gasteiger partial charge is 0.378 e. The molecule has 2 aromatic rings. The minimum Gasteiger partial charge on any atom is -0.378 e. The smallest absolute Gasteiger partial charge is 0.234 e. The van der Waals surface area contributed by atoms with Crippen molar-refractivity contribution in [2.75, 3.05) is 42.3 Å². The van der Waals surface area contributed by atoms with E-state index in [4.69, 9.17) is 16.3 Å². The fraction of sp³-hybridized carbons (Fsp3) is 0.471. The third-order valence-corrected chi connectivity index (χ3v) is 5.66. The molecule has 1 saturated carbocycles. The number of halogens is 1. The molecule has 0 spiro atoms. The highest BCUT2D eigenvalue weighted by Crippen LogP contribution is 2.37. The first kappa shape index (κ1) is 17.6. The number of carbonyl (C=O) groups excluding carboxylic acids is 1. The Morgan fingerprint density at radius 2 is 2.15 bits per heavy atom. The summed E-state index contributed by atoms with van der Waals surface area (Å²) in [5.74, 6) is 0.192. The van der Waals surface area contributed by atoms with Gasteiger partial charge >= 0.3 is 0 Å². The van der Waals surface area contributed by atoms with E-state index in [1.54, 1.807) is 6.33 Å². The van der Waals surface area contributed by atoms with Crippen LogP contribution in [0.4, 0.5) is 11.4 Å². The van der Waals surface area contributed by atoms with Gasteiger partial charge in [0.25, 0.3) is 0 Å². The van der Waals surface area contributed by atoms with Crippen molar-refractivity contribution in [2.24, 2.45) is 0 Å². The highest BCUT2D eigenvalue weighted by atomic mass is 35.5. The van der Waals surface area contributed by atoms with Gasteiger partial charge in [-0.2, -0.15) is 0 Å². The summed E-state index contributed by atoms with van der Waals surface area (Å²) in [6.07, 6.45) is 4.05. The number of amides is 1. The Kier molecular flexibility index (Phi) is 5.33. The van der Waals surface area contributed by atoms with E-state index in [1.807, 2.05) is 18.2 Å². The molecule has 1 aromatic heterocycles. The predicted molar refractivity (Wildman–Crippen MR) is 102 cm³/mol. The number of nitrogens with one attached hydrogen (secondary N) is 1. The Balaban J connectivity index is 1.42. The van der Waals surface area contributed by atoms with Crippen LogP contribution in [-0.2, 0) is 9.53 Å². The van der Waals surface area contributed by atoms with E-state index in [1.165, 1.54) is 11.8 Å². The molecule has 4 rings (SSSR count). The van der Waals surface area contributed by atoms with Crippen molar-refractivity contribution in [1.29, 1.82) is 0 Å². The predicted octanol–water partition coefficient (Wildman–Crippen LogP) is 2.83. The average molecular weight is 394 g/mol. The van der Waals surface area contributed by atoms with E-state index >= 15 is 0 Å². The van der Waals surface area contributed by atoms with Crippen LogP contribution in [-0.4, -0.2) is 52.7 Å². The Hall–Kier alpha value is -1.77. The molecule has 9 heteroatoms. The minimum absolute atomic E-state index is 0.0860. The van der Waals surface area contributed by atoms with E-state index in [9.17, 15) is 4.79 Å². The second-order valence-corrected chi connectivity index (χ2v) is 7.67. The van der Waals surface area contributed by atoms with Crippen LogP contribution in [0.3, 0.4) is 0 Å². The summed E-state index contributed by atoms with van der Waals surface area (Å²) in [6, 6.07) is 6.07. The van der Waals surface area contributed by atoms with E-state index in [0.717, 1.165) is 42.5 Å². The van der Waals surface area contributed by atoms with Crippen molar-refractivity contribution >= 4 is 40.6 Å². The van der Waals surface area contributed by atoms with Crippen LogP contribution in [0.25, 0.3) is 0 Å². The third kappa shape index (κ3) is 3.97. The summed E-state index contributed by atoms with van der Waals surface area (Å²) < 4.78 is 7.46. The van der Waals surface area contributed by atoms with Crippen molar-refractivity contribution in [3.63, 3.8) is 0 Å². The van der Waals surface area contributed by atoms with Crippen molar-refractivity contribution in [3.05, 3.63) is 29.5 Å². The van der Waals surface area contributed by atoms with Gasteiger partial charge in [0.05, 0.1) is 35.4 Å². The summed E-state index contributed by atoms with van der Waals surface area (Å²) >= 11 is 7.81. The monoisotopic (exact) mass is 393 g/mol. The van der Waals surface area contributed by atoms with Gasteiger partial charge in [-0.05, 0) is 25.0 Å². The van der Waals surface area contributed by atoms with Gasteiger partial charge in [0, 0.05) is 19.1 Å². The quantitative estimate of drug-likeness (QED) is 0.761. The van der Waals surface area contributed by atoms with Gasteiger partial charge < -0.3 is 19.5 Å². The number of carbonyl (C=O) groups is 1. The average Bonchev–Trinajstić information content (AvgIpc) is 3.39. The normalized spacial score (nSPS) is 17.3. The third-order valence-electron chi connectivity index (χ3n) is 4.40. The number of hydrogen-bond donors (Lipinski definition) is 1. The molecule has 0 unspecified atom stereocenters. The Bertz CT molecular complexity index is 789. The van der Waals surface area contributed by atoms with Crippen LogP contribution in [0.5, 0.6) is 0 Å². The Morgan fingerprint density at radius 3 is 2.92 bits per heavy atom. The zero-order valence-electron chi connectivity index (χ0n) is 14.2. The highest BCUT2D eigenvalue weighted by Gasteiger charge is 2.26. The molecule has 2 aliphatic rings. The highest BCUT2D eigenvalue weighted by molar-refractivity contribution is 7.99. The molecule has 1 saturated heterocycles. The zero-order valence-corrected chi connectivity index (χ0v) is 15.8. The molecule has 2 fully saturated rings. The molecule has 138 valence electrons. The SMILES string of the molecule is O=C(CSc1nncn1C1CC1)Nc1cccc(Cl)c1N1CCOCC1. The molecule has 26 heavy (non-hydrogen) atoms. The summed E-state index contributed by atoms with van der Waals surface area (Å²) in [5.41, 5.74) is 1.59. The lowest BCUT2D eigenvalue weighted by atomic mass is 10.2. The first-order valence-electron chi connectivity index (χ1n) is 8.66. The maximum absolute atomic E-state index is 12.5. The van der Waals surface area contributed by atoms with Crippen molar-refractivity contribution in [1.82, 2.24) is 14.8 Å². The number of ether oxygens (including phenoxy) is 1. The molecule has 1 amide bonds. The molecule has 1 aliphatic carbocycles.